The van der Waals surface area contributed by atoms with Gasteiger partial charge in [-0.3, -0.25) is 4.79 Å². The number of carbonyl (C=O) groups is 1. The molecule has 0 radical (unpaired) electrons. The van der Waals surface area contributed by atoms with E-state index in [1.54, 1.807) is 0 Å². The number of hydrogen-bond acceptors (Lipinski definition) is 2. The van der Waals surface area contributed by atoms with Crippen molar-refractivity contribution in [2.24, 2.45) is 0 Å². The third-order valence-corrected chi connectivity index (χ3v) is 1.66. The fourth-order valence-corrected chi connectivity index (χ4v) is 1.20. The molecule has 0 aromatic rings. The number of allylic oxidation sites excluding steroid dienone is 1. The van der Waals surface area contributed by atoms with E-state index in [0.29, 0.717) is 12.2 Å². The summed E-state index contributed by atoms with van der Waals surface area (Å²) in [5.74, 6) is 0.00287. The van der Waals surface area contributed by atoms with E-state index in [2.05, 4.69) is 25.1 Å². The van der Waals surface area contributed by atoms with E-state index in [9.17, 15) is 4.79 Å². The van der Waals surface area contributed by atoms with Crippen LogP contribution in [-0.4, -0.2) is 24.4 Å². The summed E-state index contributed by atoms with van der Waals surface area (Å²) in [5, 5.41) is 2.67. The molecule has 1 rings (SSSR count). The fraction of sp³-hybridized carbons (Fsp3) is 0.300. The summed E-state index contributed by atoms with van der Waals surface area (Å²) in [6.07, 6.45) is 1.93. The zero-order valence-electron chi connectivity index (χ0n) is 8.26. The number of hydrogen-bond donors (Lipinski definition) is 1. The Morgan fingerprint density at radius 2 is 2.08 bits per heavy atom. The molecule has 3 heteroatoms. The first kappa shape index (κ1) is 11.5. The van der Waals surface area contributed by atoms with Crippen molar-refractivity contribution in [2.45, 2.75) is 6.92 Å². The summed E-state index contributed by atoms with van der Waals surface area (Å²) < 4.78 is 0. The van der Waals surface area contributed by atoms with Gasteiger partial charge in [-0.15, -0.1) is 13.2 Å². The Morgan fingerprint density at radius 3 is 2.46 bits per heavy atom. The van der Waals surface area contributed by atoms with Crippen LogP contribution in [0.15, 0.2) is 37.2 Å². The van der Waals surface area contributed by atoms with E-state index in [1.807, 2.05) is 24.9 Å². The van der Waals surface area contributed by atoms with Crippen LogP contribution in [0.3, 0.4) is 0 Å². The lowest BCUT2D eigenvalue weighted by atomic mass is 10.2. The Morgan fingerprint density at radius 1 is 1.54 bits per heavy atom. The quantitative estimate of drug-likeness (QED) is 0.569. The third kappa shape index (κ3) is 2.78. The Balaban J connectivity index is 0.000000671. The van der Waals surface area contributed by atoms with Gasteiger partial charge in [0.25, 0.3) is 0 Å². The molecule has 0 aromatic carbocycles. The number of nitrogens with zero attached hydrogens (tertiary/aromatic N) is 1. The molecule has 72 valence electrons. The largest absolute Gasteiger partial charge is 0.364 e. The van der Waals surface area contributed by atoms with Crippen molar-refractivity contribution in [1.82, 2.24) is 10.2 Å². The van der Waals surface area contributed by atoms with E-state index < -0.39 is 0 Å². The molecular weight excluding hydrogens is 164 g/mol. The predicted octanol–water partition coefficient (Wildman–Crippen LogP) is 1.27. The van der Waals surface area contributed by atoms with Crippen LogP contribution in [-0.2, 0) is 4.79 Å². The molecule has 3 nitrogen and oxygen atoms in total. The van der Waals surface area contributed by atoms with Crippen molar-refractivity contribution >= 4 is 5.91 Å². The predicted molar refractivity (Wildman–Crippen MR) is 54.9 cm³/mol. The minimum Gasteiger partial charge on any atom is -0.364 e. The van der Waals surface area contributed by atoms with Crippen LogP contribution in [0.2, 0.25) is 0 Å². The van der Waals surface area contributed by atoms with E-state index >= 15 is 0 Å². The second-order valence-electron chi connectivity index (χ2n) is 2.56. The molecule has 0 aromatic heterocycles. The number of likely N-dealkylation sites (N-methyl/N-ethyl adjacent to an activating group) is 1. The molecule has 1 fully saturated rings. The number of nitrogens with one attached hydrogen (secondary N) is 1. The van der Waals surface area contributed by atoms with Gasteiger partial charge in [-0.05, 0) is 6.92 Å². The Kier molecular flexibility index (Phi) is 4.59. The highest BCUT2D eigenvalue weighted by atomic mass is 16.2. The molecule has 1 saturated heterocycles. The summed E-state index contributed by atoms with van der Waals surface area (Å²) in [7, 11) is 1.87. The average molecular weight is 180 g/mol. The van der Waals surface area contributed by atoms with E-state index in [4.69, 9.17) is 0 Å². The summed E-state index contributed by atoms with van der Waals surface area (Å²) in [6, 6.07) is 0. The number of piperazine rings is 1. The van der Waals surface area contributed by atoms with Crippen molar-refractivity contribution in [3.63, 3.8) is 0 Å². The molecule has 0 atom stereocenters. The zero-order valence-corrected chi connectivity index (χ0v) is 8.26. The summed E-state index contributed by atoms with van der Waals surface area (Å²) in [6.45, 7) is 12.1. The number of carbonyl (C=O) groups excluding carboxylic acids is 1. The molecule has 0 unspecified atom stereocenters. The van der Waals surface area contributed by atoms with Gasteiger partial charge in [0.2, 0.25) is 5.91 Å². The van der Waals surface area contributed by atoms with Crippen LogP contribution < -0.4 is 5.32 Å². The minimum atomic E-state index is 0.00287. The second-order valence-corrected chi connectivity index (χ2v) is 2.56. The van der Waals surface area contributed by atoms with E-state index in [0.717, 1.165) is 5.70 Å². The van der Waals surface area contributed by atoms with Crippen LogP contribution in [0.25, 0.3) is 0 Å². The lowest BCUT2D eigenvalue weighted by Crippen LogP contribution is -2.42. The Hall–Kier alpha value is -1.51. The lowest BCUT2D eigenvalue weighted by Gasteiger charge is -2.28. The third-order valence-electron chi connectivity index (χ3n) is 1.66. The maximum atomic E-state index is 10.9. The Labute approximate surface area is 79.4 Å². The molecule has 1 amide bonds. The van der Waals surface area contributed by atoms with Crippen molar-refractivity contribution < 1.29 is 4.79 Å². The molecular formula is C10H16N2O. The van der Waals surface area contributed by atoms with Gasteiger partial charge in [0.15, 0.2) is 0 Å². The van der Waals surface area contributed by atoms with Gasteiger partial charge in [0.1, 0.15) is 0 Å². The number of amides is 1. The smallest absolute Gasteiger partial charge is 0.243 e. The highest BCUT2D eigenvalue weighted by molar-refractivity contribution is 5.82. The van der Waals surface area contributed by atoms with E-state index in [1.165, 1.54) is 0 Å². The van der Waals surface area contributed by atoms with Gasteiger partial charge in [-0.1, -0.05) is 12.7 Å². The topological polar surface area (TPSA) is 32.3 Å². The van der Waals surface area contributed by atoms with Gasteiger partial charge in [-0.25, -0.2) is 0 Å². The second kappa shape index (κ2) is 5.19. The monoisotopic (exact) mass is 180 g/mol. The summed E-state index contributed by atoms with van der Waals surface area (Å²) in [4.78, 5) is 12.8. The van der Waals surface area contributed by atoms with Crippen molar-refractivity contribution in [1.29, 1.82) is 0 Å². The summed E-state index contributed by atoms with van der Waals surface area (Å²) >= 11 is 0. The maximum Gasteiger partial charge on any atom is 0.243 e. The van der Waals surface area contributed by atoms with Crippen molar-refractivity contribution in [3.8, 4) is 0 Å². The SMILES string of the molecule is C=C.C=C1NC(=O)CN(C)/C1=C/C. The van der Waals surface area contributed by atoms with Crippen LogP contribution in [0.5, 0.6) is 0 Å². The zero-order chi connectivity index (χ0) is 10.4. The first-order chi connectivity index (χ1) is 6.15. The highest BCUT2D eigenvalue weighted by Gasteiger charge is 2.18. The molecule has 0 spiro atoms. The maximum absolute atomic E-state index is 10.9. The fourth-order valence-electron chi connectivity index (χ4n) is 1.20. The van der Waals surface area contributed by atoms with Crippen LogP contribution in [0.1, 0.15) is 6.92 Å². The van der Waals surface area contributed by atoms with Crippen LogP contribution in [0.4, 0.5) is 0 Å². The lowest BCUT2D eigenvalue weighted by molar-refractivity contribution is -0.121. The van der Waals surface area contributed by atoms with Crippen molar-refractivity contribution in [2.75, 3.05) is 13.6 Å². The normalized spacial score (nSPS) is 19.2. The Bertz CT molecular complexity index is 243. The first-order valence-corrected chi connectivity index (χ1v) is 4.01. The molecule has 0 bridgehead atoms. The molecule has 0 aliphatic carbocycles. The van der Waals surface area contributed by atoms with Gasteiger partial charge in [-0.2, -0.15) is 0 Å². The van der Waals surface area contributed by atoms with Gasteiger partial charge in [0, 0.05) is 7.05 Å². The van der Waals surface area contributed by atoms with E-state index in [-0.39, 0.29) is 5.91 Å². The van der Waals surface area contributed by atoms with Gasteiger partial charge >= 0.3 is 0 Å². The standard InChI is InChI=1S/C8H12N2O.C2H4/c1-4-7-6(2)9-8(11)5-10(7)3;1-2/h4H,2,5H2,1,3H3,(H,9,11);1-2H2/b7-4+;. The molecule has 1 N–H and O–H groups in total. The summed E-state index contributed by atoms with van der Waals surface area (Å²) in [5.41, 5.74) is 1.68. The minimum absolute atomic E-state index is 0.00287. The highest BCUT2D eigenvalue weighted by Crippen LogP contribution is 2.12. The van der Waals surface area contributed by atoms with Gasteiger partial charge < -0.3 is 10.2 Å². The number of rotatable bonds is 0. The molecule has 0 saturated carbocycles. The molecule has 1 aliphatic heterocycles. The molecule has 13 heavy (non-hydrogen) atoms. The molecule has 1 aliphatic rings. The van der Waals surface area contributed by atoms with Crippen molar-refractivity contribution in [3.05, 3.63) is 37.2 Å². The first-order valence-electron chi connectivity index (χ1n) is 4.01. The average Bonchev–Trinajstić information content (AvgIpc) is 2.07. The van der Waals surface area contributed by atoms with Gasteiger partial charge in [0.05, 0.1) is 17.9 Å². The van der Waals surface area contributed by atoms with Crippen LogP contribution >= 0.6 is 0 Å². The molecule has 1 heterocycles. The van der Waals surface area contributed by atoms with Crippen LogP contribution in [0, 0.1) is 0 Å².